The molecule has 0 radical (unpaired) electrons. The fraction of sp³-hybridized carbons (Fsp3) is 0.667. The highest BCUT2D eigenvalue weighted by Gasteiger charge is 2.50. The molecule has 0 spiro atoms. The number of hydrogen-bond acceptors (Lipinski definition) is 18. The number of anilines is 1. The number of thiophene rings is 1. The van der Waals surface area contributed by atoms with Gasteiger partial charge in [-0.05, 0) is 5.38 Å². The molecule has 226 valence electrons. The van der Waals surface area contributed by atoms with Crippen LogP contribution in [0.5, 0.6) is 0 Å². The van der Waals surface area contributed by atoms with Gasteiger partial charge in [0.1, 0.15) is 61.0 Å². The predicted molar refractivity (Wildman–Crippen MR) is 138 cm³/mol. The van der Waals surface area contributed by atoms with Gasteiger partial charge >= 0.3 is 14.6 Å². The van der Waals surface area contributed by atoms with Gasteiger partial charge in [-0.1, -0.05) is 12.2 Å². The van der Waals surface area contributed by atoms with E-state index in [4.69, 9.17) is 30.6 Å². The largest absolute Gasteiger partial charge is 0.482 e. The van der Waals surface area contributed by atoms with Gasteiger partial charge in [0.05, 0.1) is 29.5 Å². The minimum absolute atomic E-state index is 0.235. The second-order valence-corrected chi connectivity index (χ2v) is 14.2. The molecular weight excluding hydrogens is 622 g/mol. The number of phosphoric ester groups is 1. The normalized spacial score (nSPS) is 36.8. The molecular formula is C18H28N4O14P2S2. The summed E-state index contributed by atoms with van der Waals surface area (Å²) in [6.45, 7) is -6.29. The zero-order valence-electron chi connectivity index (χ0n) is 20.1. The van der Waals surface area contributed by atoms with Crippen LogP contribution in [0, 0.1) is 0 Å². The molecule has 18 nitrogen and oxygen atoms in total. The minimum Gasteiger partial charge on any atom is -0.394 e. The van der Waals surface area contributed by atoms with Crippen molar-refractivity contribution in [2.75, 3.05) is 18.9 Å². The molecule has 4 heterocycles. The first kappa shape index (κ1) is 32.1. The third-order valence-corrected chi connectivity index (χ3v) is 10.8. The van der Waals surface area contributed by atoms with Gasteiger partial charge in [-0.25, -0.2) is 19.1 Å². The van der Waals surface area contributed by atoms with Crippen molar-refractivity contribution in [2.45, 2.75) is 61.2 Å². The Labute approximate surface area is 234 Å². The maximum absolute atomic E-state index is 12.7. The number of hydrogen-bond donors (Lipinski definition) is 10. The molecule has 2 aromatic rings. The number of aliphatic hydroxyl groups excluding tert-OH is 6. The highest BCUT2D eigenvalue weighted by Crippen LogP contribution is 2.66. The number of nitrogens with zero attached hydrogens (tertiary/aromatic N) is 2. The van der Waals surface area contributed by atoms with Crippen LogP contribution >= 0.6 is 38.2 Å². The van der Waals surface area contributed by atoms with Crippen LogP contribution in [-0.4, -0.2) is 114 Å². The summed E-state index contributed by atoms with van der Waals surface area (Å²) in [6, 6.07) is -1.07. The fourth-order valence-corrected chi connectivity index (χ4v) is 8.27. The Morgan fingerprint density at radius 3 is 2.50 bits per heavy atom. The molecule has 0 saturated carbocycles. The molecule has 12 atom stereocenters. The second-order valence-electron chi connectivity index (χ2n) is 8.90. The Hall–Kier alpha value is -0.870. The van der Waals surface area contributed by atoms with Gasteiger partial charge < -0.3 is 56.5 Å². The molecule has 11 N–H and O–H groups in total. The first-order valence-electron chi connectivity index (χ1n) is 11.4. The molecule has 22 heteroatoms. The van der Waals surface area contributed by atoms with Crippen molar-refractivity contribution in [3.63, 3.8) is 0 Å². The van der Waals surface area contributed by atoms with Crippen LogP contribution in [0.3, 0.4) is 0 Å². The lowest BCUT2D eigenvalue weighted by Gasteiger charge is -2.41. The maximum Gasteiger partial charge on any atom is 0.482 e. The van der Waals surface area contributed by atoms with Crippen LogP contribution < -0.4 is 11.5 Å². The van der Waals surface area contributed by atoms with Crippen molar-refractivity contribution in [2.24, 2.45) is 5.73 Å². The standard InChI is InChI=1S/C18H28N4O14P2S2/c19-8-7(33-14(10(8)25)5-3-40-16-9(5)21-4-22-17(16)20)2-32-38(31,39)36-37(29,30)35-18-13(28)11(26)12(27)15(34-18)6(24)1-23/h3-4,6-8,10-15,18,23-28H,1-2,19H2,(H,29,30)(H,31,39)(H2,20,21,22)/t6-,7+,8+,10+,11?,12?,13?,14-,15?,18?,38?/m0/s1. The van der Waals surface area contributed by atoms with E-state index in [9.17, 15) is 39.6 Å². The van der Waals surface area contributed by atoms with Gasteiger partial charge in [0, 0.05) is 5.56 Å². The quantitative estimate of drug-likeness (QED) is 0.0959. The molecule has 2 fully saturated rings. The maximum atomic E-state index is 12.7. The molecule has 0 bridgehead atoms. The first-order valence-corrected chi connectivity index (χ1v) is 16.5. The topological polar surface area (TPSA) is 300 Å². The summed E-state index contributed by atoms with van der Waals surface area (Å²) in [6.07, 6.45) is -13.9. The van der Waals surface area contributed by atoms with Crippen LogP contribution in [0.1, 0.15) is 11.7 Å². The number of nitrogen functional groups attached to an aromatic ring is 1. The number of fused-ring (bicyclic) bond motifs is 1. The molecule has 2 aliphatic heterocycles. The van der Waals surface area contributed by atoms with Crippen LogP contribution in [0.4, 0.5) is 5.82 Å². The molecule has 0 aliphatic carbocycles. The Bertz CT molecular complexity index is 1290. The number of thiol groups is 1. The van der Waals surface area contributed by atoms with Crippen LogP contribution in [0.2, 0.25) is 0 Å². The van der Waals surface area contributed by atoms with E-state index >= 15 is 0 Å². The number of rotatable bonds is 10. The second kappa shape index (κ2) is 12.4. The smallest absolute Gasteiger partial charge is 0.394 e. The summed E-state index contributed by atoms with van der Waals surface area (Å²) in [5, 5.41) is 61.1. The molecule has 4 rings (SSSR count). The van der Waals surface area contributed by atoms with Crippen molar-refractivity contribution < 1.29 is 67.5 Å². The highest BCUT2D eigenvalue weighted by atomic mass is 32.7. The Balaban J connectivity index is 1.38. The number of nitrogens with two attached hydrogens (primary N) is 2. The van der Waals surface area contributed by atoms with E-state index < -0.39 is 89.0 Å². The van der Waals surface area contributed by atoms with E-state index in [0.717, 1.165) is 0 Å². The summed E-state index contributed by atoms with van der Waals surface area (Å²) in [7, 11) is -5.44. The lowest BCUT2D eigenvalue weighted by Crippen LogP contribution is -2.61. The molecule has 0 aromatic carbocycles. The lowest BCUT2D eigenvalue weighted by atomic mass is 9.96. The summed E-state index contributed by atoms with van der Waals surface area (Å²) >= 11 is 4.86. The van der Waals surface area contributed by atoms with Crippen molar-refractivity contribution >= 4 is 54.2 Å². The fourth-order valence-electron chi connectivity index (χ4n) is 4.13. The van der Waals surface area contributed by atoms with Crippen LogP contribution in [0.25, 0.3) is 10.2 Å². The summed E-state index contributed by atoms with van der Waals surface area (Å²) in [5.41, 5.74) is 12.8. The molecule has 2 saturated heterocycles. The monoisotopic (exact) mass is 650 g/mol. The van der Waals surface area contributed by atoms with E-state index in [1.807, 2.05) is 0 Å². The van der Waals surface area contributed by atoms with Crippen LogP contribution in [0.15, 0.2) is 11.7 Å². The Kier molecular flexibility index (Phi) is 9.93. The molecule has 7 unspecified atom stereocenters. The van der Waals surface area contributed by atoms with Gasteiger partial charge in [-0.15, -0.1) is 11.3 Å². The van der Waals surface area contributed by atoms with E-state index in [1.54, 1.807) is 5.38 Å². The van der Waals surface area contributed by atoms with Gasteiger partial charge in [-0.3, -0.25) is 9.05 Å². The SMILES string of the molecule is Nc1ncnc2c([C@@H]3O[C@H](COP(=O)(S)OP(=O)(O)OC4OC([C@@H](O)CO)C(O)C(O)C4O)[C@@H](N)[C@H]3O)csc12. The number of ether oxygens (including phenoxy) is 2. The van der Waals surface area contributed by atoms with E-state index in [1.165, 1.54) is 17.7 Å². The Morgan fingerprint density at radius 1 is 1.12 bits per heavy atom. The van der Waals surface area contributed by atoms with Crippen molar-refractivity contribution in [3.05, 3.63) is 17.3 Å². The summed E-state index contributed by atoms with van der Waals surface area (Å²) in [5.74, 6) is 0.235. The van der Waals surface area contributed by atoms with Crippen molar-refractivity contribution in [1.29, 1.82) is 0 Å². The Morgan fingerprint density at radius 2 is 1.82 bits per heavy atom. The van der Waals surface area contributed by atoms with Crippen molar-refractivity contribution in [1.82, 2.24) is 9.97 Å². The zero-order valence-corrected chi connectivity index (χ0v) is 23.6. The zero-order chi connectivity index (χ0) is 29.6. The summed E-state index contributed by atoms with van der Waals surface area (Å²) < 4.78 is 50.7. The van der Waals surface area contributed by atoms with Crippen LogP contribution in [-0.2, 0) is 32.0 Å². The van der Waals surface area contributed by atoms with Gasteiger partial charge in [0.2, 0.25) is 0 Å². The minimum atomic E-state index is -5.44. The van der Waals surface area contributed by atoms with E-state index in [2.05, 4.69) is 31.1 Å². The number of aromatic nitrogens is 2. The highest BCUT2D eigenvalue weighted by molar-refractivity contribution is 8.45. The number of phosphoric acid groups is 1. The van der Waals surface area contributed by atoms with Gasteiger partial charge in [-0.2, -0.15) is 4.31 Å². The summed E-state index contributed by atoms with van der Waals surface area (Å²) in [4.78, 5) is 18.1. The molecule has 2 aliphatic rings. The van der Waals surface area contributed by atoms with E-state index in [0.29, 0.717) is 15.8 Å². The average Bonchev–Trinajstić information content (AvgIpc) is 3.43. The third kappa shape index (κ3) is 6.69. The molecule has 40 heavy (non-hydrogen) atoms. The predicted octanol–water partition coefficient (Wildman–Crippen LogP) is -2.25. The first-order chi connectivity index (χ1) is 18.7. The number of aliphatic hydroxyl groups is 6. The average molecular weight is 651 g/mol. The molecule has 2 aromatic heterocycles. The van der Waals surface area contributed by atoms with Crippen molar-refractivity contribution in [3.8, 4) is 0 Å². The lowest BCUT2D eigenvalue weighted by molar-refractivity contribution is -0.292. The van der Waals surface area contributed by atoms with Gasteiger partial charge in [0.15, 0.2) is 6.29 Å². The van der Waals surface area contributed by atoms with Gasteiger partial charge in [0.25, 0.3) is 0 Å². The third-order valence-electron chi connectivity index (χ3n) is 6.19. The molecule has 0 amide bonds. The van der Waals surface area contributed by atoms with E-state index in [-0.39, 0.29) is 5.82 Å².